The molecule has 0 aromatic heterocycles. The summed E-state index contributed by atoms with van der Waals surface area (Å²) < 4.78 is 37.1. The molecule has 0 fully saturated rings. The summed E-state index contributed by atoms with van der Waals surface area (Å²) in [4.78, 5) is 0. The normalized spacial score (nSPS) is 10.8. The molecule has 0 saturated heterocycles. The molecule has 0 spiro atoms. The van der Waals surface area contributed by atoms with Crippen LogP contribution in [0.25, 0.3) is 0 Å². The Morgan fingerprint density at radius 1 is 1.31 bits per heavy atom. The van der Waals surface area contributed by atoms with E-state index in [0.717, 1.165) is 6.07 Å². The molecule has 0 unspecified atom stereocenters. The maximum Gasteiger partial charge on any atom is 0.263 e. The molecule has 0 atom stereocenters. The van der Waals surface area contributed by atoms with Crippen molar-refractivity contribution in [3.05, 3.63) is 35.1 Å². The van der Waals surface area contributed by atoms with E-state index in [1.54, 1.807) is 7.05 Å². The molecule has 1 rings (SSSR count). The SMILES string of the molecule is CNCc1cc(F)cc(C(F)F)c1. The van der Waals surface area contributed by atoms with Gasteiger partial charge >= 0.3 is 0 Å². The number of hydrogen-bond acceptors (Lipinski definition) is 1. The monoisotopic (exact) mass is 189 g/mol. The highest BCUT2D eigenvalue weighted by molar-refractivity contribution is 5.25. The van der Waals surface area contributed by atoms with Crippen LogP contribution in [0.2, 0.25) is 0 Å². The molecule has 0 radical (unpaired) electrons. The van der Waals surface area contributed by atoms with E-state index in [2.05, 4.69) is 5.32 Å². The molecule has 0 saturated carbocycles. The molecule has 1 aromatic rings. The largest absolute Gasteiger partial charge is 0.316 e. The maximum atomic E-state index is 12.8. The standard InChI is InChI=1S/C9H10F3N/c1-13-5-6-2-7(9(11)12)4-8(10)3-6/h2-4,9,13H,5H2,1H3. The second kappa shape index (κ2) is 4.28. The highest BCUT2D eigenvalue weighted by Crippen LogP contribution is 2.20. The van der Waals surface area contributed by atoms with Gasteiger partial charge in [-0.15, -0.1) is 0 Å². The molecule has 1 N–H and O–H groups in total. The fourth-order valence-corrected chi connectivity index (χ4v) is 1.11. The van der Waals surface area contributed by atoms with Gasteiger partial charge in [0, 0.05) is 12.1 Å². The van der Waals surface area contributed by atoms with Crippen molar-refractivity contribution in [2.45, 2.75) is 13.0 Å². The van der Waals surface area contributed by atoms with Crippen LogP contribution < -0.4 is 5.32 Å². The van der Waals surface area contributed by atoms with E-state index in [9.17, 15) is 13.2 Å². The summed E-state index contributed by atoms with van der Waals surface area (Å²) in [5, 5.41) is 2.77. The van der Waals surface area contributed by atoms with E-state index in [4.69, 9.17) is 0 Å². The second-order valence-corrected chi connectivity index (χ2v) is 2.72. The molecule has 0 bridgehead atoms. The number of benzene rings is 1. The Kier molecular flexibility index (Phi) is 3.31. The van der Waals surface area contributed by atoms with Gasteiger partial charge in [-0.05, 0) is 30.8 Å². The summed E-state index contributed by atoms with van der Waals surface area (Å²) in [5.74, 6) is -0.622. The Bertz CT molecular complexity index is 286. The summed E-state index contributed by atoms with van der Waals surface area (Å²) in [6, 6.07) is 3.39. The van der Waals surface area contributed by atoms with Crippen molar-refractivity contribution in [1.29, 1.82) is 0 Å². The topological polar surface area (TPSA) is 12.0 Å². The van der Waals surface area contributed by atoms with Crippen LogP contribution in [-0.2, 0) is 6.54 Å². The number of alkyl halides is 2. The zero-order chi connectivity index (χ0) is 9.84. The van der Waals surface area contributed by atoms with Gasteiger partial charge in [-0.25, -0.2) is 13.2 Å². The number of nitrogens with one attached hydrogen (secondary N) is 1. The molecule has 4 heteroatoms. The van der Waals surface area contributed by atoms with Crippen molar-refractivity contribution in [2.24, 2.45) is 0 Å². The Morgan fingerprint density at radius 2 is 2.00 bits per heavy atom. The van der Waals surface area contributed by atoms with Crippen LogP contribution in [0.5, 0.6) is 0 Å². The number of halogens is 3. The van der Waals surface area contributed by atoms with Crippen molar-refractivity contribution < 1.29 is 13.2 Å². The molecular weight excluding hydrogens is 179 g/mol. The van der Waals surface area contributed by atoms with E-state index < -0.39 is 12.2 Å². The lowest BCUT2D eigenvalue weighted by molar-refractivity contribution is 0.151. The Balaban J connectivity index is 2.96. The first-order valence-corrected chi connectivity index (χ1v) is 3.85. The third-order valence-corrected chi connectivity index (χ3v) is 1.61. The summed E-state index contributed by atoms with van der Waals surface area (Å²) >= 11 is 0. The summed E-state index contributed by atoms with van der Waals surface area (Å²) in [7, 11) is 1.67. The van der Waals surface area contributed by atoms with Crippen LogP contribution in [0.3, 0.4) is 0 Å². The first-order chi connectivity index (χ1) is 6.13. The smallest absolute Gasteiger partial charge is 0.263 e. The van der Waals surface area contributed by atoms with Crippen molar-refractivity contribution in [3.8, 4) is 0 Å². The predicted octanol–water partition coefficient (Wildman–Crippen LogP) is 2.48. The second-order valence-electron chi connectivity index (χ2n) is 2.72. The lowest BCUT2D eigenvalue weighted by Crippen LogP contribution is -2.05. The number of hydrogen-bond donors (Lipinski definition) is 1. The average molecular weight is 189 g/mol. The molecule has 0 aliphatic rings. The fraction of sp³-hybridized carbons (Fsp3) is 0.333. The van der Waals surface area contributed by atoms with E-state index >= 15 is 0 Å². The minimum absolute atomic E-state index is 0.273. The molecule has 0 heterocycles. The highest BCUT2D eigenvalue weighted by Gasteiger charge is 2.09. The van der Waals surface area contributed by atoms with Crippen molar-refractivity contribution in [1.82, 2.24) is 5.32 Å². The van der Waals surface area contributed by atoms with Gasteiger partial charge in [-0.3, -0.25) is 0 Å². The van der Waals surface area contributed by atoms with Crippen molar-refractivity contribution in [2.75, 3.05) is 7.05 Å². The fourth-order valence-electron chi connectivity index (χ4n) is 1.11. The van der Waals surface area contributed by atoms with Gasteiger partial charge in [-0.2, -0.15) is 0 Å². The summed E-state index contributed by atoms with van der Waals surface area (Å²) in [5.41, 5.74) is 0.253. The van der Waals surface area contributed by atoms with E-state index in [1.165, 1.54) is 12.1 Å². The quantitative estimate of drug-likeness (QED) is 0.770. The third-order valence-electron chi connectivity index (χ3n) is 1.61. The molecule has 1 nitrogen and oxygen atoms in total. The first kappa shape index (κ1) is 10.1. The molecule has 0 amide bonds. The minimum atomic E-state index is -2.62. The Hall–Kier alpha value is -1.03. The molecule has 1 aromatic carbocycles. The van der Waals surface area contributed by atoms with Gasteiger partial charge in [0.2, 0.25) is 0 Å². The Labute approximate surface area is 74.6 Å². The maximum absolute atomic E-state index is 12.8. The highest BCUT2D eigenvalue weighted by atomic mass is 19.3. The van der Waals surface area contributed by atoms with E-state index in [0.29, 0.717) is 12.1 Å². The number of rotatable bonds is 3. The van der Waals surface area contributed by atoms with Crippen LogP contribution >= 0.6 is 0 Å². The molecular formula is C9H10F3N. The van der Waals surface area contributed by atoms with Gasteiger partial charge in [-0.1, -0.05) is 0 Å². The summed E-state index contributed by atoms with van der Waals surface area (Å²) in [6.45, 7) is 0.386. The lowest BCUT2D eigenvalue weighted by atomic mass is 10.1. The van der Waals surface area contributed by atoms with Gasteiger partial charge in [0.25, 0.3) is 6.43 Å². The average Bonchev–Trinajstić information content (AvgIpc) is 2.03. The van der Waals surface area contributed by atoms with Crippen molar-refractivity contribution >= 4 is 0 Å². The third kappa shape index (κ3) is 2.73. The van der Waals surface area contributed by atoms with Gasteiger partial charge in [0.15, 0.2) is 0 Å². The van der Waals surface area contributed by atoms with Crippen molar-refractivity contribution in [3.63, 3.8) is 0 Å². The molecule has 0 aliphatic carbocycles. The van der Waals surface area contributed by atoms with Gasteiger partial charge in [0.05, 0.1) is 0 Å². The zero-order valence-corrected chi connectivity index (χ0v) is 7.15. The van der Waals surface area contributed by atoms with Gasteiger partial charge < -0.3 is 5.32 Å². The first-order valence-electron chi connectivity index (χ1n) is 3.85. The van der Waals surface area contributed by atoms with Gasteiger partial charge in [0.1, 0.15) is 5.82 Å². The zero-order valence-electron chi connectivity index (χ0n) is 7.15. The molecule has 0 aliphatic heterocycles. The Morgan fingerprint density at radius 3 is 2.54 bits per heavy atom. The van der Waals surface area contributed by atoms with Crippen LogP contribution in [0, 0.1) is 5.82 Å². The molecule has 72 valence electrons. The predicted molar refractivity (Wildman–Crippen MR) is 44.1 cm³/mol. The van der Waals surface area contributed by atoms with Crippen LogP contribution in [0.4, 0.5) is 13.2 Å². The molecule has 13 heavy (non-hydrogen) atoms. The lowest BCUT2D eigenvalue weighted by Gasteiger charge is -2.04. The summed E-state index contributed by atoms with van der Waals surface area (Å²) in [6.07, 6.45) is -2.62. The van der Waals surface area contributed by atoms with Crippen LogP contribution in [0.1, 0.15) is 17.6 Å². The van der Waals surface area contributed by atoms with Crippen LogP contribution in [0.15, 0.2) is 18.2 Å². The minimum Gasteiger partial charge on any atom is -0.316 e. The van der Waals surface area contributed by atoms with E-state index in [1.807, 2.05) is 0 Å². The van der Waals surface area contributed by atoms with E-state index in [-0.39, 0.29) is 5.56 Å². The van der Waals surface area contributed by atoms with Crippen LogP contribution in [-0.4, -0.2) is 7.05 Å².